The van der Waals surface area contributed by atoms with Gasteiger partial charge in [-0.25, -0.2) is 0 Å². The van der Waals surface area contributed by atoms with Gasteiger partial charge in [-0.05, 0) is 12.5 Å². The van der Waals surface area contributed by atoms with Crippen LogP contribution in [0.2, 0.25) is 0 Å². The topological polar surface area (TPSA) is 64.6 Å². The number of amides is 1. The van der Waals surface area contributed by atoms with Crippen LogP contribution in [0.5, 0.6) is 11.5 Å². The molecule has 0 fully saturated rings. The zero-order valence-electron chi connectivity index (χ0n) is 11.8. The maximum absolute atomic E-state index is 12.0. The predicted molar refractivity (Wildman–Crippen MR) is 75.6 cm³/mol. The number of ketones is 1. The van der Waals surface area contributed by atoms with Crippen LogP contribution in [0, 0.1) is 0 Å². The monoisotopic (exact) mass is 277 g/mol. The summed E-state index contributed by atoms with van der Waals surface area (Å²) in [6, 6.07) is 3.33. The van der Waals surface area contributed by atoms with E-state index in [1.165, 1.54) is 0 Å². The predicted octanol–water partition coefficient (Wildman–Crippen LogP) is 2.79. The van der Waals surface area contributed by atoms with E-state index >= 15 is 0 Å². The van der Waals surface area contributed by atoms with Crippen LogP contribution in [0.1, 0.15) is 43.5 Å². The van der Waals surface area contributed by atoms with E-state index in [9.17, 15) is 9.59 Å². The lowest BCUT2D eigenvalue weighted by Gasteiger charge is -2.21. The fourth-order valence-corrected chi connectivity index (χ4v) is 2.05. The molecule has 108 valence electrons. The first-order chi connectivity index (χ1) is 9.65. The van der Waals surface area contributed by atoms with Crippen molar-refractivity contribution in [3.05, 3.63) is 17.7 Å². The van der Waals surface area contributed by atoms with E-state index in [2.05, 4.69) is 5.32 Å². The summed E-state index contributed by atoms with van der Waals surface area (Å²) in [6.45, 7) is 4.66. The fourth-order valence-electron chi connectivity index (χ4n) is 2.05. The Labute approximate surface area is 118 Å². The van der Waals surface area contributed by atoms with Gasteiger partial charge in [0.25, 0.3) is 0 Å². The molecule has 5 nitrogen and oxygen atoms in total. The molecular weight excluding hydrogens is 258 g/mol. The smallest absolute Gasteiger partial charge is 0.224 e. The second-order valence-corrected chi connectivity index (χ2v) is 4.62. The lowest BCUT2D eigenvalue weighted by Crippen LogP contribution is -2.18. The Morgan fingerprint density at radius 3 is 2.40 bits per heavy atom. The van der Waals surface area contributed by atoms with E-state index in [-0.39, 0.29) is 11.7 Å². The number of anilines is 1. The Hall–Kier alpha value is -2.04. The van der Waals surface area contributed by atoms with Crippen LogP contribution in [0.15, 0.2) is 12.1 Å². The molecular formula is C15H19NO4. The normalized spacial score (nSPS) is 12.9. The Bertz CT molecular complexity index is 525. The number of nitrogens with one attached hydrogen (secondary N) is 1. The first kappa shape index (κ1) is 14.4. The Morgan fingerprint density at radius 2 is 1.80 bits per heavy atom. The summed E-state index contributed by atoms with van der Waals surface area (Å²) in [4.78, 5) is 23.8. The quantitative estimate of drug-likeness (QED) is 0.840. The molecule has 1 N–H and O–H groups in total. The van der Waals surface area contributed by atoms with Crippen LogP contribution in [0.4, 0.5) is 5.69 Å². The number of carbonyl (C=O) groups is 2. The summed E-state index contributed by atoms with van der Waals surface area (Å²) in [5.74, 6) is 0.986. The maximum Gasteiger partial charge on any atom is 0.224 e. The fraction of sp³-hybridized carbons (Fsp3) is 0.467. The molecule has 0 aromatic heterocycles. The van der Waals surface area contributed by atoms with Crippen LogP contribution in [0.25, 0.3) is 0 Å². The van der Waals surface area contributed by atoms with Gasteiger partial charge in [0.05, 0.1) is 5.69 Å². The second-order valence-electron chi connectivity index (χ2n) is 4.62. The Morgan fingerprint density at radius 1 is 1.15 bits per heavy atom. The molecule has 1 aliphatic heterocycles. The number of hydrogen-bond donors (Lipinski definition) is 1. The van der Waals surface area contributed by atoms with Crippen LogP contribution < -0.4 is 14.8 Å². The van der Waals surface area contributed by atoms with Gasteiger partial charge < -0.3 is 14.8 Å². The molecule has 1 amide bonds. The van der Waals surface area contributed by atoms with E-state index in [1.807, 2.05) is 6.92 Å². The van der Waals surface area contributed by atoms with Crippen molar-refractivity contribution in [3.8, 4) is 11.5 Å². The van der Waals surface area contributed by atoms with Crippen molar-refractivity contribution >= 4 is 17.4 Å². The zero-order chi connectivity index (χ0) is 14.5. The molecule has 1 heterocycles. The van der Waals surface area contributed by atoms with E-state index in [1.54, 1.807) is 19.1 Å². The third-order valence-corrected chi connectivity index (χ3v) is 3.06. The van der Waals surface area contributed by atoms with Gasteiger partial charge in [0.15, 0.2) is 17.3 Å². The molecule has 0 bridgehead atoms. The van der Waals surface area contributed by atoms with Crippen LogP contribution >= 0.6 is 0 Å². The van der Waals surface area contributed by atoms with Gasteiger partial charge in [0, 0.05) is 24.5 Å². The van der Waals surface area contributed by atoms with Crippen molar-refractivity contribution in [2.45, 2.75) is 33.1 Å². The summed E-state index contributed by atoms with van der Waals surface area (Å²) in [6.07, 6.45) is 1.55. The molecule has 20 heavy (non-hydrogen) atoms. The van der Waals surface area contributed by atoms with Gasteiger partial charge in [-0.2, -0.15) is 0 Å². The summed E-state index contributed by atoms with van der Waals surface area (Å²) in [5, 5.41) is 2.78. The molecule has 0 atom stereocenters. The SMILES string of the molecule is CCCC(=O)Nc1cc2c(cc1C(=O)CC)OCCO2. The third kappa shape index (κ3) is 3.10. The van der Waals surface area contributed by atoms with E-state index in [0.717, 1.165) is 6.42 Å². The van der Waals surface area contributed by atoms with Gasteiger partial charge >= 0.3 is 0 Å². The summed E-state index contributed by atoms with van der Waals surface area (Å²) < 4.78 is 11.0. The van der Waals surface area contributed by atoms with Crippen molar-refractivity contribution < 1.29 is 19.1 Å². The third-order valence-electron chi connectivity index (χ3n) is 3.06. The van der Waals surface area contributed by atoms with Crippen molar-refractivity contribution in [1.29, 1.82) is 0 Å². The van der Waals surface area contributed by atoms with Gasteiger partial charge in [0.1, 0.15) is 13.2 Å². The van der Waals surface area contributed by atoms with E-state index < -0.39 is 0 Å². The lowest BCUT2D eigenvalue weighted by molar-refractivity contribution is -0.116. The largest absolute Gasteiger partial charge is 0.486 e. The van der Waals surface area contributed by atoms with Crippen molar-refractivity contribution in [2.24, 2.45) is 0 Å². The molecule has 0 radical (unpaired) electrons. The maximum atomic E-state index is 12.0. The summed E-state index contributed by atoms with van der Waals surface area (Å²) in [5.41, 5.74) is 0.973. The minimum atomic E-state index is -0.102. The molecule has 0 saturated carbocycles. The lowest BCUT2D eigenvalue weighted by atomic mass is 10.0. The summed E-state index contributed by atoms with van der Waals surface area (Å²) >= 11 is 0. The van der Waals surface area contributed by atoms with Crippen LogP contribution in [0.3, 0.4) is 0 Å². The molecule has 0 saturated heterocycles. The number of ether oxygens (including phenoxy) is 2. The number of fused-ring (bicyclic) bond motifs is 1. The number of Topliss-reactive ketones (excluding diaryl/α,β-unsaturated/α-hetero) is 1. The molecule has 1 aliphatic rings. The molecule has 1 aromatic rings. The molecule has 2 rings (SSSR count). The number of rotatable bonds is 5. The average molecular weight is 277 g/mol. The summed E-state index contributed by atoms with van der Waals surface area (Å²) in [7, 11) is 0. The highest BCUT2D eigenvalue weighted by molar-refractivity contribution is 6.05. The number of carbonyl (C=O) groups excluding carboxylic acids is 2. The standard InChI is InChI=1S/C15H19NO4/c1-3-5-15(18)16-11-9-14-13(19-6-7-20-14)8-10(11)12(17)4-2/h8-9H,3-7H2,1-2H3,(H,16,18). The van der Waals surface area contributed by atoms with Crippen molar-refractivity contribution in [2.75, 3.05) is 18.5 Å². The molecule has 5 heteroatoms. The van der Waals surface area contributed by atoms with Crippen molar-refractivity contribution in [1.82, 2.24) is 0 Å². The van der Waals surface area contributed by atoms with Gasteiger partial charge in [-0.3, -0.25) is 9.59 Å². The van der Waals surface area contributed by atoms with Crippen molar-refractivity contribution in [3.63, 3.8) is 0 Å². The minimum absolute atomic E-state index is 0.0335. The number of benzene rings is 1. The first-order valence-corrected chi connectivity index (χ1v) is 6.92. The van der Waals surface area contributed by atoms with E-state index in [0.29, 0.717) is 48.8 Å². The molecule has 1 aromatic carbocycles. The second kappa shape index (κ2) is 6.41. The van der Waals surface area contributed by atoms with Crippen LogP contribution in [-0.2, 0) is 4.79 Å². The Kier molecular flexibility index (Phi) is 4.61. The minimum Gasteiger partial charge on any atom is -0.486 e. The highest BCUT2D eigenvalue weighted by Crippen LogP contribution is 2.36. The highest BCUT2D eigenvalue weighted by atomic mass is 16.6. The average Bonchev–Trinajstić information content (AvgIpc) is 2.46. The van der Waals surface area contributed by atoms with Gasteiger partial charge in [0.2, 0.25) is 5.91 Å². The number of hydrogen-bond acceptors (Lipinski definition) is 4. The zero-order valence-corrected chi connectivity index (χ0v) is 11.8. The van der Waals surface area contributed by atoms with Crippen LogP contribution in [-0.4, -0.2) is 24.9 Å². The Balaban J connectivity index is 2.36. The van der Waals surface area contributed by atoms with Gasteiger partial charge in [-0.15, -0.1) is 0 Å². The molecule has 0 unspecified atom stereocenters. The molecule has 0 aliphatic carbocycles. The highest BCUT2D eigenvalue weighted by Gasteiger charge is 2.20. The molecule has 0 spiro atoms. The van der Waals surface area contributed by atoms with E-state index in [4.69, 9.17) is 9.47 Å². The first-order valence-electron chi connectivity index (χ1n) is 6.92. The van der Waals surface area contributed by atoms with Gasteiger partial charge in [-0.1, -0.05) is 13.8 Å².